The molecule has 1 saturated carbocycles. The maximum Gasteiger partial charge on any atom is 0.254 e. The summed E-state index contributed by atoms with van der Waals surface area (Å²) >= 11 is 17.9. The molecule has 236 valence electrons. The van der Waals surface area contributed by atoms with Crippen molar-refractivity contribution < 1.29 is 24.3 Å². The van der Waals surface area contributed by atoms with Crippen LogP contribution in [0.1, 0.15) is 35.4 Å². The Morgan fingerprint density at radius 2 is 1.52 bits per heavy atom. The third-order valence-corrected chi connectivity index (χ3v) is 12.0. The first-order chi connectivity index (χ1) is 21.9. The average Bonchev–Trinajstić information content (AvgIpc) is 3.38. The summed E-state index contributed by atoms with van der Waals surface area (Å²) in [5.41, 5.74) is 4.52. The second kappa shape index (κ2) is 11.0. The normalized spacial score (nSPS) is 30.2. The summed E-state index contributed by atoms with van der Waals surface area (Å²) in [5.74, 6) is -4.81. The summed E-state index contributed by atoms with van der Waals surface area (Å²) in [6, 6.07) is 20.2. The first-order valence-corrected chi connectivity index (χ1v) is 16.9. The number of anilines is 3. The predicted octanol–water partition coefficient (Wildman–Crippen LogP) is 6.67. The highest BCUT2D eigenvalue weighted by atomic mass is 79.9. The van der Waals surface area contributed by atoms with Crippen LogP contribution in [0, 0.1) is 31.6 Å². The maximum atomic E-state index is 14.3. The topological polar surface area (TPSA) is 107 Å². The van der Waals surface area contributed by atoms with E-state index in [9.17, 15) is 24.3 Å². The van der Waals surface area contributed by atoms with E-state index in [-0.39, 0.29) is 35.9 Å². The van der Waals surface area contributed by atoms with E-state index >= 15 is 0 Å². The standard InChI is InChI=1S/C35H30BrCl2N3O5/c1-18-14-20(15-19(2)29(18)42)28-24-12-13-25-27(26(24)16-34(37)32(45)40(17-36)33(46)35(28,34)38)31(44)41(30(25)43)23-10-8-22(9-11-23)39-21-6-4-3-5-7-21/h3-12,14-15,25-28,39,42H,13,16-17H2,1-2H3. The van der Waals surface area contributed by atoms with Gasteiger partial charge in [-0.25, -0.2) is 0 Å². The van der Waals surface area contributed by atoms with Crippen molar-refractivity contribution in [3.63, 3.8) is 0 Å². The average molecular weight is 723 g/mol. The van der Waals surface area contributed by atoms with Gasteiger partial charge in [0.1, 0.15) is 5.75 Å². The Balaban J connectivity index is 1.29. The Kier molecular flexibility index (Phi) is 7.38. The molecule has 0 radical (unpaired) electrons. The zero-order valence-corrected chi connectivity index (χ0v) is 28.1. The van der Waals surface area contributed by atoms with Crippen molar-refractivity contribution in [2.24, 2.45) is 17.8 Å². The summed E-state index contributed by atoms with van der Waals surface area (Å²) < 4.78 is 0. The van der Waals surface area contributed by atoms with Crippen LogP contribution >= 0.6 is 39.1 Å². The van der Waals surface area contributed by atoms with Crippen LogP contribution in [0.5, 0.6) is 5.75 Å². The molecular formula is C35H30BrCl2N3O5. The number of imide groups is 2. The van der Waals surface area contributed by atoms with Gasteiger partial charge >= 0.3 is 0 Å². The number of nitrogens with zero attached hydrogens (tertiary/aromatic N) is 2. The van der Waals surface area contributed by atoms with Crippen molar-refractivity contribution in [2.75, 3.05) is 15.7 Å². The van der Waals surface area contributed by atoms with Gasteiger partial charge in [-0.05, 0) is 85.7 Å². The number of nitrogens with one attached hydrogen (secondary N) is 1. The number of likely N-dealkylation sites (tertiary alicyclic amines) is 1. The lowest BCUT2D eigenvalue weighted by atomic mass is 9.56. The molecule has 0 aromatic heterocycles. The van der Waals surface area contributed by atoms with Crippen LogP contribution in [0.4, 0.5) is 17.1 Å². The Morgan fingerprint density at radius 1 is 0.891 bits per heavy atom. The molecule has 6 atom stereocenters. The van der Waals surface area contributed by atoms with E-state index in [0.29, 0.717) is 28.0 Å². The van der Waals surface area contributed by atoms with Gasteiger partial charge in [0.05, 0.1) is 23.0 Å². The number of halogens is 3. The number of alkyl halides is 3. The van der Waals surface area contributed by atoms with Crippen molar-refractivity contribution in [2.45, 2.75) is 42.4 Å². The molecule has 4 aliphatic rings. The van der Waals surface area contributed by atoms with E-state index in [0.717, 1.165) is 16.3 Å². The van der Waals surface area contributed by atoms with Gasteiger partial charge in [0, 0.05) is 17.3 Å². The summed E-state index contributed by atoms with van der Waals surface area (Å²) in [4.78, 5) is 54.5. The van der Waals surface area contributed by atoms with Crippen molar-refractivity contribution in [3.05, 3.63) is 95.1 Å². The molecule has 2 N–H and O–H groups in total. The monoisotopic (exact) mass is 721 g/mol. The van der Waals surface area contributed by atoms with E-state index in [1.54, 1.807) is 38.1 Å². The zero-order chi connectivity index (χ0) is 32.7. The van der Waals surface area contributed by atoms with E-state index < -0.39 is 45.2 Å². The van der Waals surface area contributed by atoms with Gasteiger partial charge in [-0.1, -0.05) is 57.9 Å². The van der Waals surface area contributed by atoms with Gasteiger partial charge in [0.25, 0.3) is 11.8 Å². The Morgan fingerprint density at radius 3 is 2.15 bits per heavy atom. The number of aryl methyl sites for hydroxylation is 2. The summed E-state index contributed by atoms with van der Waals surface area (Å²) in [5, 5.41) is 13.9. The number of aromatic hydroxyl groups is 1. The van der Waals surface area contributed by atoms with Crippen LogP contribution in [-0.4, -0.2) is 48.8 Å². The molecule has 3 aromatic carbocycles. The molecule has 2 heterocycles. The van der Waals surface area contributed by atoms with Crippen LogP contribution < -0.4 is 10.2 Å². The highest BCUT2D eigenvalue weighted by Gasteiger charge is 2.76. The third kappa shape index (κ3) is 4.24. The van der Waals surface area contributed by atoms with E-state index in [1.807, 2.05) is 48.5 Å². The van der Waals surface area contributed by atoms with Gasteiger partial charge in [-0.15, -0.1) is 23.2 Å². The van der Waals surface area contributed by atoms with Crippen LogP contribution in [0.15, 0.2) is 78.4 Å². The lowest BCUT2D eigenvalue weighted by Crippen LogP contribution is -2.60. The molecule has 2 saturated heterocycles. The van der Waals surface area contributed by atoms with Crippen LogP contribution in [0.2, 0.25) is 0 Å². The minimum Gasteiger partial charge on any atom is -0.507 e. The fourth-order valence-electron chi connectivity index (χ4n) is 7.92. The smallest absolute Gasteiger partial charge is 0.254 e. The van der Waals surface area contributed by atoms with Crippen molar-refractivity contribution in [1.29, 1.82) is 0 Å². The van der Waals surface area contributed by atoms with Gasteiger partial charge in [0.2, 0.25) is 11.8 Å². The fraction of sp³-hybridized carbons (Fsp3) is 0.314. The number of amides is 4. The summed E-state index contributed by atoms with van der Waals surface area (Å²) in [7, 11) is 0. The molecule has 0 spiro atoms. The first kappa shape index (κ1) is 31.0. The Labute approximate surface area is 284 Å². The van der Waals surface area contributed by atoms with Crippen molar-refractivity contribution in [1.82, 2.24) is 4.90 Å². The lowest BCUT2D eigenvalue weighted by Gasteiger charge is -2.51. The second-order valence-corrected chi connectivity index (χ2v) is 14.3. The Bertz CT molecular complexity index is 1830. The molecule has 3 aromatic rings. The van der Waals surface area contributed by atoms with E-state index in [2.05, 4.69) is 21.2 Å². The highest BCUT2D eigenvalue weighted by Crippen LogP contribution is 2.65. The number of para-hydroxylation sites is 1. The molecule has 3 fully saturated rings. The van der Waals surface area contributed by atoms with Crippen LogP contribution in [-0.2, 0) is 19.2 Å². The SMILES string of the molecule is Cc1cc(C2C3=CCC4C(=O)N(c5ccc(Nc6ccccc6)cc5)C(=O)C4C3CC3(Cl)C(=O)N(CBr)C(=O)C23Cl)cc(C)c1O. The summed E-state index contributed by atoms with van der Waals surface area (Å²) in [6.45, 7) is 3.49. The number of fused-ring (bicyclic) bond motifs is 4. The van der Waals surface area contributed by atoms with Crippen LogP contribution in [0.3, 0.4) is 0 Å². The van der Waals surface area contributed by atoms with Crippen molar-refractivity contribution in [3.8, 4) is 5.75 Å². The molecular weight excluding hydrogens is 693 g/mol. The number of carbonyl (C=O) groups excluding carboxylic acids is 4. The number of hydrogen-bond acceptors (Lipinski definition) is 6. The molecule has 6 unspecified atom stereocenters. The van der Waals surface area contributed by atoms with Crippen LogP contribution in [0.25, 0.3) is 0 Å². The predicted molar refractivity (Wildman–Crippen MR) is 180 cm³/mol. The second-order valence-electron chi connectivity index (χ2n) is 12.5. The van der Waals surface area contributed by atoms with E-state index in [1.165, 1.54) is 4.90 Å². The maximum absolute atomic E-state index is 14.3. The minimum atomic E-state index is -1.89. The van der Waals surface area contributed by atoms with Gasteiger partial charge < -0.3 is 10.4 Å². The number of benzene rings is 3. The highest BCUT2D eigenvalue weighted by molar-refractivity contribution is 9.09. The quantitative estimate of drug-likeness (QED) is 0.132. The van der Waals surface area contributed by atoms with Gasteiger partial charge in [0.15, 0.2) is 9.75 Å². The zero-order valence-electron chi connectivity index (χ0n) is 25.0. The molecule has 8 nitrogen and oxygen atoms in total. The van der Waals surface area contributed by atoms with E-state index in [4.69, 9.17) is 23.2 Å². The van der Waals surface area contributed by atoms with Gasteiger partial charge in [-0.3, -0.25) is 29.0 Å². The third-order valence-electron chi connectivity index (χ3n) is 10.0. The molecule has 2 aliphatic carbocycles. The molecule has 2 aliphatic heterocycles. The number of phenolic OH excluding ortho intramolecular Hbond substituents is 1. The van der Waals surface area contributed by atoms with Crippen molar-refractivity contribution >= 4 is 79.8 Å². The largest absolute Gasteiger partial charge is 0.507 e. The number of rotatable bonds is 5. The van der Waals surface area contributed by atoms with Gasteiger partial charge in [-0.2, -0.15) is 0 Å². The molecule has 7 rings (SSSR count). The molecule has 11 heteroatoms. The first-order valence-electron chi connectivity index (χ1n) is 15.0. The number of phenols is 1. The molecule has 4 amide bonds. The number of allylic oxidation sites excluding steroid dienone is 2. The molecule has 0 bridgehead atoms. The minimum absolute atomic E-state index is 0.0849. The number of carbonyl (C=O) groups is 4. The number of hydrogen-bond donors (Lipinski definition) is 2. The Hall–Kier alpha value is -3.66. The lowest BCUT2D eigenvalue weighted by molar-refractivity contribution is -0.138. The fourth-order valence-corrected chi connectivity index (χ4v) is 9.35. The molecule has 46 heavy (non-hydrogen) atoms. The summed E-state index contributed by atoms with van der Waals surface area (Å²) in [6.07, 6.45) is 2.09.